The van der Waals surface area contributed by atoms with Gasteiger partial charge in [0.1, 0.15) is 0 Å². The molecule has 4 nitrogen and oxygen atoms in total. The van der Waals surface area contributed by atoms with Crippen LogP contribution in [0.2, 0.25) is 0 Å². The SMILES string of the molecule is Cn1cccc1C=NNC(=S)NC1CC2C=CC1C2. The first-order chi connectivity index (χ1) is 9.22. The van der Waals surface area contributed by atoms with E-state index < -0.39 is 0 Å². The summed E-state index contributed by atoms with van der Waals surface area (Å²) in [5.74, 6) is 1.39. The molecule has 0 saturated heterocycles. The van der Waals surface area contributed by atoms with Crippen molar-refractivity contribution in [2.45, 2.75) is 18.9 Å². The van der Waals surface area contributed by atoms with E-state index in [9.17, 15) is 0 Å². The third kappa shape index (κ3) is 2.71. The van der Waals surface area contributed by atoms with E-state index in [1.165, 1.54) is 12.8 Å². The Balaban J connectivity index is 1.48. The second kappa shape index (κ2) is 5.17. The second-order valence-corrected chi connectivity index (χ2v) is 5.68. The minimum absolute atomic E-state index is 0.472. The number of hydrazone groups is 1. The Hall–Kier alpha value is -1.62. The van der Waals surface area contributed by atoms with Crippen molar-refractivity contribution in [3.8, 4) is 0 Å². The van der Waals surface area contributed by atoms with E-state index in [0.717, 1.165) is 11.6 Å². The van der Waals surface area contributed by atoms with Crippen LogP contribution in [-0.2, 0) is 7.05 Å². The summed E-state index contributed by atoms with van der Waals surface area (Å²) in [6, 6.07) is 4.46. The number of fused-ring (bicyclic) bond motifs is 2. The van der Waals surface area contributed by atoms with Gasteiger partial charge in [0.25, 0.3) is 0 Å². The van der Waals surface area contributed by atoms with Gasteiger partial charge in [-0.2, -0.15) is 5.10 Å². The highest BCUT2D eigenvalue weighted by Gasteiger charge is 2.35. The summed E-state index contributed by atoms with van der Waals surface area (Å²) in [7, 11) is 1.99. The van der Waals surface area contributed by atoms with Crippen molar-refractivity contribution in [3.05, 3.63) is 36.2 Å². The molecule has 2 aliphatic rings. The molecule has 19 heavy (non-hydrogen) atoms. The van der Waals surface area contributed by atoms with Crippen LogP contribution < -0.4 is 10.7 Å². The lowest BCUT2D eigenvalue weighted by Gasteiger charge is -2.20. The first-order valence-corrected chi connectivity index (χ1v) is 7.02. The zero-order valence-corrected chi connectivity index (χ0v) is 11.7. The lowest BCUT2D eigenvalue weighted by Crippen LogP contribution is -2.42. The highest BCUT2D eigenvalue weighted by molar-refractivity contribution is 7.80. The first kappa shape index (κ1) is 12.4. The van der Waals surface area contributed by atoms with Crippen LogP contribution >= 0.6 is 12.2 Å². The van der Waals surface area contributed by atoms with Crippen molar-refractivity contribution < 1.29 is 0 Å². The molecular formula is C14H18N4S. The molecule has 5 heteroatoms. The van der Waals surface area contributed by atoms with Crippen LogP contribution in [0.5, 0.6) is 0 Å². The average molecular weight is 274 g/mol. The van der Waals surface area contributed by atoms with Gasteiger partial charge in [-0.25, -0.2) is 0 Å². The second-order valence-electron chi connectivity index (χ2n) is 5.27. The Morgan fingerprint density at radius 1 is 1.47 bits per heavy atom. The van der Waals surface area contributed by atoms with Crippen molar-refractivity contribution in [3.63, 3.8) is 0 Å². The monoisotopic (exact) mass is 274 g/mol. The lowest BCUT2D eigenvalue weighted by atomic mass is 10.0. The van der Waals surface area contributed by atoms with E-state index >= 15 is 0 Å². The number of nitrogens with one attached hydrogen (secondary N) is 2. The van der Waals surface area contributed by atoms with Gasteiger partial charge in [0, 0.05) is 19.3 Å². The molecule has 2 aliphatic carbocycles. The zero-order valence-electron chi connectivity index (χ0n) is 10.9. The predicted octanol–water partition coefficient (Wildman–Crippen LogP) is 1.79. The number of allylic oxidation sites excluding steroid dienone is 1. The molecule has 0 aromatic carbocycles. The van der Waals surface area contributed by atoms with E-state index in [1.807, 2.05) is 29.9 Å². The van der Waals surface area contributed by atoms with Gasteiger partial charge in [-0.1, -0.05) is 12.2 Å². The van der Waals surface area contributed by atoms with E-state index in [-0.39, 0.29) is 0 Å². The molecular weight excluding hydrogens is 256 g/mol. The maximum Gasteiger partial charge on any atom is 0.187 e. The van der Waals surface area contributed by atoms with Gasteiger partial charge in [0.05, 0.1) is 11.9 Å². The Labute approximate surface area is 118 Å². The van der Waals surface area contributed by atoms with Gasteiger partial charge in [-0.15, -0.1) is 0 Å². The average Bonchev–Trinajstić information content (AvgIpc) is 3.07. The number of hydrogen-bond donors (Lipinski definition) is 2. The van der Waals surface area contributed by atoms with Crippen molar-refractivity contribution in [2.24, 2.45) is 24.0 Å². The Morgan fingerprint density at radius 3 is 3.00 bits per heavy atom. The number of rotatable bonds is 3. The van der Waals surface area contributed by atoms with Crippen molar-refractivity contribution in [1.29, 1.82) is 0 Å². The summed E-state index contributed by atoms with van der Waals surface area (Å²) in [5.41, 5.74) is 3.93. The smallest absolute Gasteiger partial charge is 0.187 e. The Morgan fingerprint density at radius 2 is 2.37 bits per heavy atom. The largest absolute Gasteiger partial charge is 0.358 e. The Kier molecular flexibility index (Phi) is 3.38. The molecule has 3 atom stereocenters. The maximum atomic E-state index is 5.27. The lowest BCUT2D eigenvalue weighted by molar-refractivity contribution is 0.521. The number of nitrogens with zero attached hydrogens (tertiary/aromatic N) is 2. The minimum Gasteiger partial charge on any atom is -0.358 e. The fraction of sp³-hybridized carbons (Fsp3) is 0.429. The van der Waals surface area contributed by atoms with Gasteiger partial charge in [-0.3, -0.25) is 5.43 Å². The fourth-order valence-electron chi connectivity index (χ4n) is 2.91. The fourth-order valence-corrected chi connectivity index (χ4v) is 3.12. The molecule has 3 rings (SSSR count). The third-order valence-electron chi connectivity index (χ3n) is 3.94. The molecule has 1 aromatic heterocycles. The van der Waals surface area contributed by atoms with Crippen LogP contribution in [0.1, 0.15) is 18.5 Å². The topological polar surface area (TPSA) is 41.4 Å². The molecule has 1 aromatic rings. The van der Waals surface area contributed by atoms with Gasteiger partial charge >= 0.3 is 0 Å². The van der Waals surface area contributed by atoms with Crippen LogP contribution in [-0.4, -0.2) is 21.9 Å². The molecule has 3 unspecified atom stereocenters. The van der Waals surface area contributed by atoms with Gasteiger partial charge in [0.15, 0.2) is 5.11 Å². The summed E-state index contributed by atoms with van der Waals surface area (Å²) < 4.78 is 2.00. The van der Waals surface area contributed by atoms with Crippen molar-refractivity contribution >= 4 is 23.5 Å². The molecule has 1 heterocycles. The van der Waals surface area contributed by atoms with Gasteiger partial charge in [-0.05, 0) is 49.0 Å². The van der Waals surface area contributed by atoms with Gasteiger partial charge < -0.3 is 9.88 Å². The van der Waals surface area contributed by atoms with E-state index in [4.69, 9.17) is 12.2 Å². The highest BCUT2D eigenvalue weighted by atomic mass is 32.1. The molecule has 100 valence electrons. The first-order valence-electron chi connectivity index (χ1n) is 6.61. The molecule has 0 spiro atoms. The molecule has 2 N–H and O–H groups in total. The number of aryl methyl sites for hydroxylation is 1. The Bertz CT molecular complexity index is 531. The molecule has 0 aliphatic heterocycles. The normalized spacial score (nSPS) is 28.2. The summed E-state index contributed by atoms with van der Waals surface area (Å²) in [6.45, 7) is 0. The molecule has 2 bridgehead atoms. The van der Waals surface area contributed by atoms with E-state index in [2.05, 4.69) is 28.0 Å². The summed E-state index contributed by atoms with van der Waals surface area (Å²) in [5, 5.41) is 8.12. The van der Waals surface area contributed by atoms with E-state index in [1.54, 1.807) is 6.21 Å². The van der Waals surface area contributed by atoms with Crippen molar-refractivity contribution in [2.75, 3.05) is 0 Å². The molecule has 0 amide bonds. The van der Waals surface area contributed by atoms with Crippen LogP contribution in [0, 0.1) is 11.8 Å². The summed E-state index contributed by atoms with van der Waals surface area (Å²) in [6.07, 6.45) is 10.8. The number of hydrogen-bond acceptors (Lipinski definition) is 2. The van der Waals surface area contributed by atoms with E-state index in [0.29, 0.717) is 17.1 Å². The van der Waals surface area contributed by atoms with Crippen LogP contribution in [0.25, 0.3) is 0 Å². The van der Waals surface area contributed by atoms with Crippen molar-refractivity contribution in [1.82, 2.24) is 15.3 Å². The number of thiocarbonyl (C=S) groups is 1. The van der Waals surface area contributed by atoms with Crippen LogP contribution in [0.15, 0.2) is 35.6 Å². The summed E-state index contributed by atoms with van der Waals surface area (Å²) in [4.78, 5) is 0. The predicted molar refractivity (Wildman–Crippen MR) is 81.0 cm³/mol. The molecule has 1 saturated carbocycles. The quantitative estimate of drug-likeness (QED) is 0.382. The van der Waals surface area contributed by atoms with Crippen LogP contribution in [0.4, 0.5) is 0 Å². The standard InChI is InChI=1S/C14H18N4S/c1-18-6-2-3-12(18)9-15-17-14(19)16-13-8-10-4-5-11(13)7-10/h2-6,9-11,13H,7-8H2,1H3,(H2,16,17,19). The third-order valence-corrected chi connectivity index (χ3v) is 4.15. The zero-order chi connectivity index (χ0) is 13.2. The van der Waals surface area contributed by atoms with Crippen LogP contribution in [0.3, 0.4) is 0 Å². The number of aromatic nitrogens is 1. The minimum atomic E-state index is 0.472. The molecule has 0 radical (unpaired) electrons. The van der Waals surface area contributed by atoms with Gasteiger partial charge in [0.2, 0.25) is 0 Å². The molecule has 1 fully saturated rings. The summed E-state index contributed by atoms with van der Waals surface area (Å²) >= 11 is 5.27. The highest BCUT2D eigenvalue weighted by Crippen LogP contribution is 2.38. The maximum absolute atomic E-state index is 5.27.